The second-order valence-electron chi connectivity index (χ2n) is 6.07. The Morgan fingerprint density at radius 3 is 2.76 bits per heavy atom. The minimum Gasteiger partial charge on any atom is -0.490 e. The molecule has 0 spiro atoms. The molecule has 3 rings (SSSR count). The van der Waals surface area contributed by atoms with Gasteiger partial charge in [0.25, 0.3) is 5.91 Å². The molecule has 1 N–H and O–H groups in total. The number of hydrogen-bond acceptors (Lipinski definition) is 5. The van der Waals surface area contributed by atoms with Crippen molar-refractivity contribution in [2.75, 3.05) is 6.61 Å². The highest BCUT2D eigenvalue weighted by atomic mass is 32.2. The van der Waals surface area contributed by atoms with Gasteiger partial charge < -0.3 is 14.8 Å². The fraction of sp³-hybridized carbons (Fsp3) is 0.190. The Kier molecular flexibility index (Phi) is 6.66. The lowest BCUT2D eigenvalue weighted by Gasteiger charge is -2.13. The van der Waals surface area contributed by atoms with Gasteiger partial charge >= 0.3 is 0 Å². The molecule has 2 amide bonds. The number of aliphatic imine (C=N–C) groups is 1. The first-order valence-corrected chi connectivity index (χ1v) is 9.70. The van der Waals surface area contributed by atoms with Gasteiger partial charge in [-0.3, -0.25) is 9.59 Å². The number of thioether (sulfide) groups is 1. The zero-order valence-electron chi connectivity index (χ0n) is 15.9. The van der Waals surface area contributed by atoms with E-state index in [0.717, 1.165) is 17.3 Å². The molecular weight excluding hydrogens is 395 g/mol. The van der Waals surface area contributed by atoms with E-state index in [2.05, 4.69) is 10.3 Å². The lowest BCUT2D eigenvalue weighted by molar-refractivity contribution is -0.117. The van der Waals surface area contributed by atoms with Gasteiger partial charge in [0.1, 0.15) is 12.4 Å². The van der Waals surface area contributed by atoms with Gasteiger partial charge in [-0.05, 0) is 60.2 Å². The zero-order chi connectivity index (χ0) is 20.8. The van der Waals surface area contributed by atoms with Crippen molar-refractivity contribution < 1.29 is 23.5 Å². The van der Waals surface area contributed by atoms with E-state index in [1.165, 1.54) is 19.1 Å². The number of rotatable bonds is 6. The van der Waals surface area contributed by atoms with E-state index in [4.69, 9.17) is 9.47 Å². The number of carbonyl (C=O) groups is 2. The summed E-state index contributed by atoms with van der Waals surface area (Å²) in [5, 5.41) is 2.76. The molecular formula is C21H19FN2O4S. The number of amidine groups is 1. The Morgan fingerprint density at radius 2 is 2.03 bits per heavy atom. The number of carbonyl (C=O) groups excluding carboxylic acids is 2. The van der Waals surface area contributed by atoms with Crippen molar-refractivity contribution in [3.05, 3.63) is 64.3 Å². The topological polar surface area (TPSA) is 77.0 Å². The molecule has 2 aromatic carbocycles. The van der Waals surface area contributed by atoms with Crippen molar-refractivity contribution in [1.29, 1.82) is 0 Å². The first-order chi connectivity index (χ1) is 13.9. The third-order valence-corrected chi connectivity index (χ3v) is 4.65. The molecule has 0 fully saturated rings. The second-order valence-corrected chi connectivity index (χ2v) is 7.10. The van der Waals surface area contributed by atoms with E-state index >= 15 is 0 Å². The number of halogens is 1. The van der Waals surface area contributed by atoms with E-state index in [1.807, 2.05) is 6.92 Å². The minimum atomic E-state index is -0.414. The summed E-state index contributed by atoms with van der Waals surface area (Å²) in [4.78, 5) is 27.3. The number of benzene rings is 2. The van der Waals surface area contributed by atoms with Gasteiger partial charge in [-0.25, -0.2) is 4.39 Å². The summed E-state index contributed by atoms with van der Waals surface area (Å²) in [5.74, 6) is 0.0000998. The average molecular weight is 414 g/mol. The third kappa shape index (κ3) is 5.68. The van der Waals surface area contributed by atoms with Gasteiger partial charge in [-0.1, -0.05) is 18.2 Å². The quantitative estimate of drug-likeness (QED) is 0.726. The third-order valence-electron chi connectivity index (χ3n) is 3.75. The molecule has 150 valence electrons. The average Bonchev–Trinajstić information content (AvgIpc) is 2.99. The Morgan fingerprint density at radius 1 is 1.21 bits per heavy atom. The normalized spacial score (nSPS) is 14.7. The number of nitrogens with zero attached hydrogens (tertiary/aromatic N) is 1. The lowest BCUT2D eigenvalue weighted by atomic mass is 10.2. The lowest BCUT2D eigenvalue weighted by Crippen LogP contribution is -2.23. The van der Waals surface area contributed by atoms with Crippen LogP contribution in [0.15, 0.2) is 52.4 Å². The molecule has 0 aliphatic carbocycles. The molecule has 0 saturated carbocycles. The van der Waals surface area contributed by atoms with E-state index in [-0.39, 0.29) is 23.5 Å². The van der Waals surface area contributed by atoms with Crippen molar-refractivity contribution in [3.63, 3.8) is 0 Å². The monoisotopic (exact) mass is 414 g/mol. The summed E-state index contributed by atoms with van der Waals surface area (Å²) < 4.78 is 24.8. The molecule has 0 unspecified atom stereocenters. The van der Waals surface area contributed by atoms with E-state index in [9.17, 15) is 14.0 Å². The fourth-order valence-electron chi connectivity index (χ4n) is 2.55. The van der Waals surface area contributed by atoms with Crippen molar-refractivity contribution >= 4 is 34.8 Å². The largest absolute Gasteiger partial charge is 0.490 e. The highest BCUT2D eigenvalue weighted by Crippen LogP contribution is 2.32. The molecule has 2 aromatic rings. The van der Waals surface area contributed by atoms with Crippen molar-refractivity contribution in [2.24, 2.45) is 4.99 Å². The number of amides is 2. The van der Waals surface area contributed by atoms with Gasteiger partial charge in [-0.15, -0.1) is 0 Å². The molecule has 0 saturated heterocycles. The molecule has 1 heterocycles. The van der Waals surface area contributed by atoms with Gasteiger partial charge in [0, 0.05) is 6.92 Å². The Labute approximate surface area is 171 Å². The van der Waals surface area contributed by atoms with Gasteiger partial charge in [0.15, 0.2) is 16.7 Å². The summed E-state index contributed by atoms with van der Waals surface area (Å²) in [6.07, 6.45) is 1.67. The predicted octanol–water partition coefficient (Wildman–Crippen LogP) is 3.91. The van der Waals surface area contributed by atoms with Crippen LogP contribution in [0.3, 0.4) is 0 Å². The fourth-order valence-corrected chi connectivity index (χ4v) is 3.41. The van der Waals surface area contributed by atoms with Crippen LogP contribution >= 0.6 is 11.8 Å². The molecule has 0 aromatic heterocycles. The summed E-state index contributed by atoms with van der Waals surface area (Å²) >= 11 is 1.10. The second kappa shape index (κ2) is 9.38. The summed E-state index contributed by atoms with van der Waals surface area (Å²) in [7, 11) is 0. The summed E-state index contributed by atoms with van der Waals surface area (Å²) in [6.45, 7) is 3.83. The molecule has 0 bridgehead atoms. The zero-order valence-corrected chi connectivity index (χ0v) is 16.7. The van der Waals surface area contributed by atoms with Crippen LogP contribution in [0.5, 0.6) is 11.5 Å². The Balaban J connectivity index is 1.75. The molecule has 1 aliphatic heterocycles. The molecule has 6 nitrogen and oxygen atoms in total. The highest BCUT2D eigenvalue weighted by molar-refractivity contribution is 8.18. The summed E-state index contributed by atoms with van der Waals surface area (Å²) in [6, 6.07) is 11.5. The van der Waals surface area contributed by atoms with Crippen molar-refractivity contribution in [2.45, 2.75) is 20.5 Å². The maximum absolute atomic E-state index is 13.3. The van der Waals surface area contributed by atoms with Crippen molar-refractivity contribution in [3.8, 4) is 11.5 Å². The first-order valence-electron chi connectivity index (χ1n) is 8.89. The predicted molar refractivity (Wildman–Crippen MR) is 110 cm³/mol. The van der Waals surface area contributed by atoms with E-state index in [1.54, 1.807) is 36.4 Å². The van der Waals surface area contributed by atoms with E-state index in [0.29, 0.717) is 28.6 Å². The number of nitrogens with one attached hydrogen (secondary N) is 1. The van der Waals surface area contributed by atoms with Gasteiger partial charge in [0.05, 0.1) is 11.5 Å². The van der Waals surface area contributed by atoms with Crippen LogP contribution in [0.1, 0.15) is 25.0 Å². The molecule has 0 radical (unpaired) electrons. The van der Waals surface area contributed by atoms with E-state index < -0.39 is 5.91 Å². The van der Waals surface area contributed by atoms with Crippen LogP contribution in [0.4, 0.5) is 4.39 Å². The van der Waals surface area contributed by atoms with Crippen LogP contribution in [-0.4, -0.2) is 23.6 Å². The SMILES string of the molecule is CCOc1cc(C=C2SC(NC(C)=O)=NC2=O)ccc1OCc1cccc(F)c1. The van der Waals surface area contributed by atoms with Crippen LogP contribution in [0, 0.1) is 5.82 Å². The van der Waals surface area contributed by atoms with Crippen LogP contribution in [0.2, 0.25) is 0 Å². The Hall–Kier alpha value is -3.13. The van der Waals surface area contributed by atoms with Crippen LogP contribution < -0.4 is 14.8 Å². The summed E-state index contributed by atoms with van der Waals surface area (Å²) in [5.41, 5.74) is 1.43. The Bertz CT molecular complexity index is 1000. The maximum atomic E-state index is 13.3. The van der Waals surface area contributed by atoms with Crippen molar-refractivity contribution in [1.82, 2.24) is 5.32 Å². The molecule has 29 heavy (non-hydrogen) atoms. The van der Waals surface area contributed by atoms with Gasteiger partial charge in [0.2, 0.25) is 5.91 Å². The standard InChI is InChI=1S/C21H19FN2O4S/c1-3-27-18-10-14(11-19-20(26)24-21(29-19)23-13(2)25)7-8-17(18)28-12-15-5-4-6-16(22)9-15/h4-11H,3,12H2,1-2H3,(H,23,24,25,26). The smallest absolute Gasteiger partial charge is 0.286 e. The highest BCUT2D eigenvalue weighted by Gasteiger charge is 2.22. The van der Waals surface area contributed by atoms with Crippen LogP contribution in [-0.2, 0) is 16.2 Å². The van der Waals surface area contributed by atoms with Gasteiger partial charge in [-0.2, -0.15) is 4.99 Å². The minimum absolute atomic E-state index is 0.195. The molecule has 8 heteroatoms. The number of hydrogen-bond donors (Lipinski definition) is 1. The number of ether oxygens (including phenoxy) is 2. The maximum Gasteiger partial charge on any atom is 0.286 e. The molecule has 0 atom stereocenters. The first kappa shape index (κ1) is 20.6. The van der Waals surface area contributed by atoms with Crippen LogP contribution in [0.25, 0.3) is 6.08 Å². The molecule has 1 aliphatic rings.